The van der Waals surface area contributed by atoms with E-state index in [4.69, 9.17) is 14.2 Å². The number of benzene rings is 3. The van der Waals surface area contributed by atoms with Gasteiger partial charge in [0, 0.05) is 24.4 Å². The zero-order valence-corrected chi connectivity index (χ0v) is 20.8. The summed E-state index contributed by atoms with van der Waals surface area (Å²) in [6, 6.07) is 19.3. The van der Waals surface area contributed by atoms with Gasteiger partial charge in [-0.3, -0.25) is 9.59 Å². The molecule has 7 heteroatoms. The van der Waals surface area contributed by atoms with E-state index in [2.05, 4.69) is 10.6 Å². The van der Waals surface area contributed by atoms with Gasteiger partial charge < -0.3 is 24.8 Å². The summed E-state index contributed by atoms with van der Waals surface area (Å²) >= 11 is 0. The third-order valence-electron chi connectivity index (χ3n) is 7.58. The molecule has 3 aromatic carbocycles. The topological polar surface area (TPSA) is 85.9 Å². The fourth-order valence-corrected chi connectivity index (χ4v) is 5.14. The zero-order valence-electron chi connectivity index (χ0n) is 20.8. The van der Waals surface area contributed by atoms with E-state index in [-0.39, 0.29) is 24.7 Å². The lowest BCUT2D eigenvalue weighted by Crippen LogP contribution is -2.31. The molecule has 2 fully saturated rings. The van der Waals surface area contributed by atoms with Crippen LogP contribution in [0, 0.1) is 6.92 Å². The van der Waals surface area contributed by atoms with Crippen molar-refractivity contribution in [1.82, 2.24) is 5.32 Å². The fraction of sp³-hybridized carbons (Fsp3) is 0.333. The monoisotopic (exact) mass is 498 g/mol. The number of fused-ring (bicyclic) bond motifs is 1. The Morgan fingerprint density at radius 1 is 0.973 bits per heavy atom. The Bertz CT molecular complexity index is 1340. The van der Waals surface area contributed by atoms with E-state index in [1.165, 1.54) is 0 Å². The van der Waals surface area contributed by atoms with Gasteiger partial charge in [0.2, 0.25) is 12.7 Å². The van der Waals surface area contributed by atoms with Crippen LogP contribution in [0.3, 0.4) is 0 Å². The summed E-state index contributed by atoms with van der Waals surface area (Å²) in [6.07, 6.45) is 3.75. The minimum atomic E-state index is -0.537. The first kappa shape index (κ1) is 23.6. The van der Waals surface area contributed by atoms with Gasteiger partial charge in [0.05, 0.1) is 11.5 Å². The standard InChI is InChI=1S/C30H30N2O5/c1-19-4-10-23(32-29(34)30(12-13-30)22-9-11-26-27(15-22)37-18-36-26)16-25(19)20-5-7-21(8-6-20)28(33)31-17-24-3-2-14-35-24/h4-11,15-16,24H,2-3,12-14,17-18H2,1H3,(H,31,33)(H,32,34)/t24-/m1/s1. The molecule has 37 heavy (non-hydrogen) atoms. The number of hydrogen-bond donors (Lipinski definition) is 2. The number of anilines is 1. The summed E-state index contributed by atoms with van der Waals surface area (Å²) in [4.78, 5) is 25.9. The molecule has 2 heterocycles. The molecule has 190 valence electrons. The molecule has 1 atom stereocenters. The van der Waals surface area contributed by atoms with Gasteiger partial charge in [0.25, 0.3) is 5.91 Å². The van der Waals surface area contributed by atoms with Crippen LogP contribution < -0.4 is 20.1 Å². The van der Waals surface area contributed by atoms with Crippen molar-refractivity contribution in [1.29, 1.82) is 0 Å². The highest BCUT2D eigenvalue weighted by Crippen LogP contribution is 2.51. The summed E-state index contributed by atoms with van der Waals surface area (Å²) in [5, 5.41) is 6.10. The summed E-state index contributed by atoms with van der Waals surface area (Å²) in [5.41, 5.74) is 4.86. The van der Waals surface area contributed by atoms with E-state index in [0.29, 0.717) is 17.9 Å². The van der Waals surface area contributed by atoms with E-state index < -0.39 is 5.41 Å². The molecule has 7 nitrogen and oxygen atoms in total. The number of rotatable bonds is 7. The Hall–Kier alpha value is -3.84. The van der Waals surface area contributed by atoms with E-state index in [1.54, 1.807) is 0 Å². The molecule has 0 aromatic heterocycles. The van der Waals surface area contributed by atoms with Crippen molar-refractivity contribution in [3.05, 3.63) is 77.4 Å². The molecular weight excluding hydrogens is 468 g/mol. The van der Waals surface area contributed by atoms with Gasteiger partial charge in [-0.05, 0) is 91.3 Å². The smallest absolute Gasteiger partial charge is 0.251 e. The lowest BCUT2D eigenvalue weighted by Gasteiger charge is -2.17. The maximum atomic E-state index is 13.4. The van der Waals surface area contributed by atoms with Gasteiger partial charge in [0.1, 0.15) is 0 Å². The second-order valence-corrected chi connectivity index (χ2v) is 10.1. The van der Waals surface area contributed by atoms with Crippen molar-refractivity contribution in [2.24, 2.45) is 0 Å². The van der Waals surface area contributed by atoms with Crippen LogP contribution in [-0.4, -0.2) is 37.9 Å². The lowest BCUT2D eigenvalue weighted by atomic mass is 9.94. The van der Waals surface area contributed by atoms with Crippen LogP contribution in [0.25, 0.3) is 11.1 Å². The Kier molecular flexibility index (Phi) is 6.08. The number of amides is 2. The Balaban J connectivity index is 1.15. The van der Waals surface area contributed by atoms with Gasteiger partial charge >= 0.3 is 0 Å². The fourth-order valence-electron chi connectivity index (χ4n) is 5.14. The quantitative estimate of drug-likeness (QED) is 0.480. The van der Waals surface area contributed by atoms with Crippen LogP contribution in [0.4, 0.5) is 5.69 Å². The first-order valence-corrected chi connectivity index (χ1v) is 12.8. The van der Waals surface area contributed by atoms with Crippen molar-refractivity contribution in [3.8, 4) is 22.6 Å². The zero-order chi connectivity index (χ0) is 25.4. The van der Waals surface area contributed by atoms with Gasteiger partial charge in [0.15, 0.2) is 11.5 Å². The van der Waals surface area contributed by atoms with Crippen molar-refractivity contribution in [2.45, 2.75) is 44.1 Å². The number of ether oxygens (including phenoxy) is 3. The highest BCUT2D eigenvalue weighted by atomic mass is 16.7. The highest BCUT2D eigenvalue weighted by molar-refractivity contribution is 6.02. The molecule has 0 bridgehead atoms. The Morgan fingerprint density at radius 3 is 2.54 bits per heavy atom. The molecule has 3 aliphatic rings. The summed E-state index contributed by atoms with van der Waals surface area (Å²) in [7, 11) is 0. The predicted octanol–water partition coefficient (Wildman–Crippen LogP) is 4.97. The number of carbonyl (C=O) groups is 2. The minimum Gasteiger partial charge on any atom is -0.454 e. The summed E-state index contributed by atoms with van der Waals surface area (Å²) in [6.45, 7) is 3.56. The minimum absolute atomic E-state index is 0.0144. The van der Waals surface area contributed by atoms with Crippen LogP contribution in [0.1, 0.15) is 47.2 Å². The average molecular weight is 499 g/mol. The number of carbonyl (C=O) groups excluding carboxylic acids is 2. The second kappa shape index (κ2) is 9.56. The van der Waals surface area contributed by atoms with Gasteiger partial charge in [-0.1, -0.05) is 24.3 Å². The maximum absolute atomic E-state index is 13.4. The average Bonchev–Trinajstić information content (AvgIpc) is 3.32. The molecule has 1 aliphatic carbocycles. The van der Waals surface area contributed by atoms with Crippen LogP contribution >= 0.6 is 0 Å². The highest BCUT2D eigenvalue weighted by Gasteiger charge is 2.51. The number of nitrogens with one attached hydrogen (secondary N) is 2. The molecule has 2 aliphatic heterocycles. The number of hydrogen-bond acceptors (Lipinski definition) is 5. The third-order valence-corrected chi connectivity index (χ3v) is 7.58. The molecule has 0 spiro atoms. The number of aryl methyl sites for hydroxylation is 1. The lowest BCUT2D eigenvalue weighted by molar-refractivity contribution is -0.118. The van der Waals surface area contributed by atoms with Crippen molar-refractivity contribution in [2.75, 3.05) is 25.3 Å². The third kappa shape index (κ3) is 4.67. The SMILES string of the molecule is Cc1ccc(NC(=O)C2(c3ccc4c(c3)OCO4)CC2)cc1-c1ccc(C(=O)NC[C@H]2CCCO2)cc1. The molecule has 3 aromatic rings. The van der Waals surface area contributed by atoms with E-state index in [9.17, 15) is 9.59 Å². The van der Waals surface area contributed by atoms with Crippen molar-refractivity contribution in [3.63, 3.8) is 0 Å². The molecule has 1 saturated heterocycles. The van der Waals surface area contributed by atoms with Crippen LogP contribution in [0.15, 0.2) is 60.7 Å². The molecule has 1 saturated carbocycles. The van der Waals surface area contributed by atoms with Crippen LogP contribution in [0.5, 0.6) is 11.5 Å². The van der Waals surface area contributed by atoms with E-state index in [0.717, 1.165) is 66.0 Å². The van der Waals surface area contributed by atoms with E-state index >= 15 is 0 Å². The molecule has 2 amide bonds. The summed E-state index contributed by atoms with van der Waals surface area (Å²) in [5.74, 6) is 1.30. The van der Waals surface area contributed by atoms with Gasteiger partial charge in [-0.2, -0.15) is 0 Å². The molecule has 0 unspecified atom stereocenters. The van der Waals surface area contributed by atoms with Gasteiger partial charge in [-0.15, -0.1) is 0 Å². The Labute approximate surface area is 216 Å². The molecule has 6 rings (SSSR count). The van der Waals surface area contributed by atoms with Gasteiger partial charge in [-0.25, -0.2) is 0 Å². The Morgan fingerprint density at radius 2 is 1.78 bits per heavy atom. The maximum Gasteiger partial charge on any atom is 0.251 e. The first-order chi connectivity index (χ1) is 18.0. The van der Waals surface area contributed by atoms with Crippen LogP contribution in [-0.2, 0) is 14.9 Å². The second-order valence-electron chi connectivity index (χ2n) is 10.1. The first-order valence-electron chi connectivity index (χ1n) is 12.8. The molecule has 0 radical (unpaired) electrons. The summed E-state index contributed by atoms with van der Waals surface area (Å²) < 4.78 is 16.5. The van der Waals surface area contributed by atoms with Crippen molar-refractivity contribution >= 4 is 17.5 Å². The predicted molar refractivity (Wildman–Crippen MR) is 140 cm³/mol. The molecular formula is C30H30N2O5. The van der Waals surface area contributed by atoms with E-state index in [1.807, 2.05) is 67.6 Å². The largest absolute Gasteiger partial charge is 0.454 e. The van der Waals surface area contributed by atoms with Crippen LogP contribution in [0.2, 0.25) is 0 Å². The van der Waals surface area contributed by atoms with Crippen molar-refractivity contribution < 1.29 is 23.8 Å². The molecule has 2 N–H and O–H groups in total. The normalized spacial score (nSPS) is 18.9.